The first-order valence-corrected chi connectivity index (χ1v) is 9.05. The first kappa shape index (κ1) is 13.8. The average Bonchev–Trinajstić information content (AvgIpc) is 3.29. The molecule has 0 spiro atoms. The monoisotopic (exact) mass is 347 g/mol. The SMILES string of the molecule is O=C(NC(C1CC1)C1CC1)C1(c2ccc(Br)cc2)CCC1. The summed E-state index contributed by atoms with van der Waals surface area (Å²) in [6.45, 7) is 0. The predicted molar refractivity (Wildman–Crippen MR) is 87.0 cm³/mol. The highest BCUT2D eigenvalue weighted by Gasteiger charge is 2.49. The number of amides is 1. The minimum Gasteiger partial charge on any atom is -0.352 e. The lowest BCUT2D eigenvalue weighted by Gasteiger charge is -2.42. The van der Waals surface area contributed by atoms with E-state index in [0.717, 1.165) is 29.2 Å². The first-order chi connectivity index (χ1) is 10.2. The number of carbonyl (C=O) groups is 1. The third kappa shape index (κ3) is 2.54. The average molecular weight is 348 g/mol. The zero-order valence-electron chi connectivity index (χ0n) is 12.3. The molecule has 1 aromatic rings. The molecule has 3 aliphatic rings. The van der Waals surface area contributed by atoms with Crippen molar-refractivity contribution in [3.63, 3.8) is 0 Å². The van der Waals surface area contributed by atoms with Crippen LogP contribution < -0.4 is 5.32 Å². The summed E-state index contributed by atoms with van der Waals surface area (Å²) < 4.78 is 1.08. The fourth-order valence-corrected chi connectivity index (χ4v) is 4.03. The lowest BCUT2D eigenvalue weighted by Crippen LogP contribution is -2.53. The number of hydrogen-bond acceptors (Lipinski definition) is 1. The van der Waals surface area contributed by atoms with Gasteiger partial charge in [0, 0.05) is 10.5 Å². The van der Waals surface area contributed by atoms with Gasteiger partial charge < -0.3 is 5.32 Å². The number of halogens is 1. The molecule has 3 saturated carbocycles. The molecule has 0 aliphatic heterocycles. The summed E-state index contributed by atoms with van der Waals surface area (Å²) in [6, 6.07) is 8.81. The molecule has 21 heavy (non-hydrogen) atoms. The molecule has 3 fully saturated rings. The number of rotatable bonds is 5. The van der Waals surface area contributed by atoms with Crippen LogP contribution in [0.15, 0.2) is 28.7 Å². The second kappa shape index (κ2) is 5.12. The second-order valence-electron chi connectivity index (χ2n) is 7.12. The van der Waals surface area contributed by atoms with Gasteiger partial charge in [-0.05, 0) is 68.1 Å². The third-order valence-electron chi connectivity index (χ3n) is 5.60. The topological polar surface area (TPSA) is 29.1 Å². The molecule has 3 heteroatoms. The minimum absolute atomic E-state index is 0.247. The Morgan fingerprint density at radius 1 is 1.10 bits per heavy atom. The van der Waals surface area contributed by atoms with Gasteiger partial charge in [0.05, 0.1) is 5.41 Å². The van der Waals surface area contributed by atoms with Gasteiger partial charge in [-0.15, -0.1) is 0 Å². The second-order valence-corrected chi connectivity index (χ2v) is 8.03. The summed E-state index contributed by atoms with van der Waals surface area (Å²) in [4.78, 5) is 13.0. The van der Waals surface area contributed by atoms with E-state index in [1.807, 2.05) is 0 Å². The van der Waals surface area contributed by atoms with Gasteiger partial charge in [-0.1, -0.05) is 34.5 Å². The third-order valence-corrected chi connectivity index (χ3v) is 6.12. The molecular weight excluding hydrogens is 326 g/mol. The van der Waals surface area contributed by atoms with Crippen molar-refractivity contribution in [1.29, 1.82) is 0 Å². The molecule has 0 saturated heterocycles. The van der Waals surface area contributed by atoms with Crippen molar-refractivity contribution < 1.29 is 4.79 Å². The number of carbonyl (C=O) groups excluding carboxylic acids is 1. The van der Waals surface area contributed by atoms with Crippen molar-refractivity contribution in [3.05, 3.63) is 34.3 Å². The zero-order valence-corrected chi connectivity index (χ0v) is 13.9. The van der Waals surface area contributed by atoms with Crippen LogP contribution in [0, 0.1) is 11.8 Å². The van der Waals surface area contributed by atoms with Crippen LogP contribution in [-0.2, 0) is 10.2 Å². The van der Waals surface area contributed by atoms with E-state index >= 15 is 0 Å². The number of hydrogen-bond donors (Lipinski definition) is 1. The Morgan fingerprint density at radius 2 is 1.67 bits per heavy atom. The van der Waals surface area contributed by atoms with Gasteiger partial charge in [0.25, 0.3) is 0 Å². The van der Waals surface area contributed by atoms with Crippen LogP contribution in [0.2, 0.25) is 0 Å². The predicted octanol–water partition coefficient (Wildman–Crippen LogP) is 4.18. The summed E-state index contributed by atoms with van der Waals surface area (Å²) in [6.07, 6.45) is 8.42. The summed E-state index contributed by atoms with van der Waals surface area (Å²) >= 11 is 3.48. The molecule has 112 valence electrons. The Kier molecular flexibility index (Phi) is 3.36. The Hall–Kier alpha value is -0.830. The van der Waals surface area contributed by atoms with Gasteiger partial charge in [-0.3, -0.25) is 4.79 Å². The molecule has 0 heterocycles. The molecule has 1 aromatic carbocycles. The maximum absolute atomic E-state index is 13.0. The van der Waals surface area contributed by atoms with E-state index in [1.54, 1.807) is 0 Å². The van der Waals surface area contributed by atoms with E-state index in [0.29, 0.717) is 11.9 Å². The maximum Gasteiger partial charge on any atom is 0.230 e. The lowest BCUT2D eigenvalue weighted by molar-refractivity contribution is -0.131. The van der Waals surface area contributed by atoms with Gasteiger partial charge in [0.2, 0.25) is 5.91 Å². The van der Waals surface area contributed by atoms with Crippen molar-refractivity contribution in [2.75, 3.05) is 0 Å². The molecule has 0 bridgehead atoms. The standard InChI is InChI=1S/C18H22BrNO/c19-15-8-6-14(7-9-15)18(10-1-11-18)17(21)20-16(12-2-3-12)13-4-5-13/h6-9,12-13,16H,1-5,10-11H2,(H,20,21). The van der Waals surface area contributed by atoms with Crippen LogP contribution in [0.5, 0.6) is 0 Å². The fraction of sp³-hybridized carbons (Fsp3) is 0.611. The van der Waals surface area contributed by atoms with Crippen molar-refractivity contribution in [3.8, 4) is 0 Å². The van der Waals surface area contributed by atoms with E-state index in [-0.39, 0.29) is 5.41 Å². The Balaban J connectivity index is 1.54. The van der Waals surface area contributed by atoms with E-state index in [9.17, 15) is 4.79 Å². The molecule has 4 rings (SSSR count). The minimum atomic E-state index is -0.247. The molecule has 0 radical (unpaired) electrons. The van der Waals surface area contributed by atoms with Crippen LogP contribution in [-0.4, -0.2) is 11.9 Å². The quantitative estimate of drug-likeness (QED) is 0.850. The Labute approximate surface area is 134 Å². The van der Waals surface area contributed by atoms with E-state index in [1.165, 1.54) is 37.7 Å². The maximum atomic E-state index is 13.0. The molecule has 0 unspecified atom stereocenters. The highest BCUT2D eigenvalue weighted by molar-refractivity contribution is 9.10. The Morgan fingerprint density at radius 3 is 2.10 bits per heavy atom. The molecule has 2 nitrogen and oxygen atoms in total. The number of nitrogens with one attached hydrogen (secondary N) is 1. The molecule has 3 aliphatic carbocycles. The van der Waals surface area contributed by atoms with Gasteiger partial charge in [-0.25, -0.2) is 0 Å². The van der Waals surface area contributed by atoms with Crippen molar-refractivity contribution in [1.82, 2.24) is 5.32 Å². The normalized spacial score (nSPS) is 23.7. The summed E-state index contributed by atoms with van der Waals surface area (Å²) in [5, 5.41) is 3.45. The van der Waals surface area contributed by atoms with Crippen LogP contribution in [0.1, 0.15) is 50.5 Å². The molecule has 1 amide bonds. The van der Waals surface area contributed by atoms with Crippen molar-refractivity contribution >= 4 is 21.8 Å². The van der Waals surface area contributed by atoms with Crippen LogP contribution in [0.25, 0.3) is 0 Å². The molecule has 0 aromatic heterocycles. The lowest BCUT2D eigenvalue weighted by atomic mass is 9.63. The fourth-order valence-electron chi connectivity index (χ4n) is 3.77. The highest BCUT2D eigenvalue weighted by Crippen LogP contribution is 2.47. The largest absolute Gasteiger partial charge is 0.352 e. The van der Waals surface area contributed by atoms with Crippen molar-refractivity contribution in [2.45, 2.75) is 56.4 Å². The number of benzene rings is 1. The van der Waals surface area contributed by atoms with Crippen LogP contribution in [0.3, 0.4) is 0 Å². The summed E-state index contributed by atoms with van der Waals surface area (Å²) in [7, 11) is 0. The van der Waals surface area contributed by atoms with E-state index in [2.05, 4.69) is 45.5 Å². The van der Waals surface area contributed by atoms with E-state index in [4.69, 9.17) is 0 Å². The van der Waals surface area contributed by atoms with Crippen molar-refractivity contribution in [2.24, 2.45) is 11.8 Å². The van der Waals surface area contributed by atoms with Crippen LogP contribution >= 0.6 is 15.9 Å². The first-order valence-electron chi connectivity index (χ1n) is 8.26. The van der Waals surface area contributed by atoms with Crippen LogP contribution in [0.4, 0.5) is 0 Å². The summed E-state index contributed by atoms with van der Waals surface area (Å²) in [5.74, 6) is 1.83. The van der Waals surface area contributed by atoms with Gasteiger partial charge in [0.15, 0.2) is 0 Å². The van der Waals surface area contributed by atoms with Gasteiger partial charge in [0.1, 0.15) is 0 Å². The molecule has 1 N–H and O–H groups in total. The van der Waals surface area contributed by atoms with Gasteiger partial charge >= 0.3 is 0 Å². The summed E-state index contributed by atoms with van der Waals surface area (Å²) in [5.41, 5.74) is 0.947. The molecular formula is C18H22BrNO. The Bertz CT molecular complexity index is 529. The zero-order chi connectivity index (χ0) is 14.4. The highest BCUT2D eigenvalue weighted by atomic mass is 79.9. The smallest absolute Gasteiger partial charge is 0.230 e. The van der Waals surface area contributed by atoms with E-state index < -0.39 is 0 Å². The van der Waals surface area contributed by atoms with Gasteiger partial charge in [-0.2, -0.15) is 0 Å². The molecule has 0 atom stereocenters.